The molecule has 0 N–H and O–H groups in total. The molecule has 0 saturated heterocycles. The molecule has 1 aromatic carbocycles. The minimum absolute atomic E-state index is 0.0119. The Labute approximate surface area is 90.5 Å². The van der Waals surface area contributed by atoms with Gasteiger partial charge < -0.3 is 4.42 Å². The maximum atomic E-state index is 13.5. The maximum absolute atomic E-state index is 13.5. The zero-order chi connectivity index (χ0) is 11.7. The standard InChI is InChI=1S/C12H8F2O2/c1-7-4-5-8(11(14)10(7)13)12(15)9-3-2-6-16-9/h2-6H,1H3. The molecule has 2 aromatic rings. The van der Waals surface area contributed by atoms with Gasteiger partial charge in [0.2, 0.25) is 5.78 Å². The van der Waals surface area contributed by atoms with Gasteiger partial charge >= 0.3 is 0 Å². The van der Waals surface area contributed by atoms with Crippen LogP contribution in [0, 0.1) is 18.6 Å². The Bertz CT molecular complexity index is 530. The van der Waals surface area contributed by atoms with E-state index in [2.05, 4.69) is 0 Å². The highest BCUT2D eigenvalue weighted by molar-refractivity contribution is 6.07. The van der Waals surface area contributed by atoms with E-state index < -0.39 is 17.4 Å². The number of furan rings is 1. The summed E-state index contributed by atoms with van der Waals surface area (Å²) in [6.07, 6.45) is 1.30. The zero-order valence-electron chi connectivity index (χ0n) is 8.46. The van der Waals surface area contributed by atoms with E-state index in [9.17, 15) is 13.6 Å². The molecule has 0 spiro atoms. The van der Waals surface area contributed by atoms with Gasteiger partial charge in [-0.25, -0.2) is 8.78 Å². The summed E-state index contributed by atoms with van der Waals surface area (Å²) in [6, 6.07) is 5.52. The van der Waals surface area contributed by atoms with E-state index in [1.165, 1.54) is 37.5 Å². The Morgan fingerprint density at radius 2 is 1.94 bits per heavy atom. The number of hydrogen-bond acceptors (Lipinski definition) is 2. The van der Waals surface area contributed by atoms with Crippen LogP contribution in [0.4, 0.5) is 8.78 Å². The first-order chi connectivity index (χ1) is 7.61. The molecule has 1 aromatic heterocycles. The second-order valence-electron chi connectivity index (χ2n) is 3.36. The number of carbonyl (C=O) groups is 1. The van der Waals surface area contributed by atoms with Crippen molar-refractivity contribution in [2.75, 3.05) is 0 Å². The quantitative estimate of drug-likeness (QED) is 0.731. The predicted molar refractivity (Wildman–Crippen MR) is 53.2 cm³/mol. The zero-order valence-corrected chi connectivity index (χ0v) is 8.46. The van der Waals surface area contributed by atoms with E-state index in [0.29, 0.717) is 0 Å². The van der Waals surface area contributed by atoms with E-state index >= 15 is 0 Å². The molecule has 0 aliphatic rings. The Morgan fingerprint density at radius 1 is 1.19 bits per heavy atom. The lowest BCUT2D eigenvalue weighted by Gasteiger charge is -2.03. The van der Waals surface area contributed by atoms with Crippen molar-refractivity contribution in [2.45, 2.75) is 6.92 Å². The van der Waals surface area contributed by atoms with Gasteiger partial charge in [-0.1, -0.05) is 6.07 Å². The summed E-state index contributed by atoms with van der Waals surface area (Å²) in [5.41, 5.74) is -0.161. The van der Waals surface area contributed by atoms with Gasteiger partial charge in [0.25, 0.3) is 0 Å². The normalized spacial score (nSPS) is 10.4. The lowest BCUT2D eigenvalue weighted by Crippen LogP contribution is -2.05. The van der Waals surface area contributed by atoms with Crippen molar-refractivity contribution >= 4 is 5.78 Å². The molecule has 4 heteroatoms. The van der Waals surface area contributed by atoms with Crippen molar-refractivity contribution in [1.82, 2.24) is 0 Å². The SMILES string of the molecule is Cc1ccc(C(=O)c2ccco2)c(F)c1F. The van der Waals surface area contributed by atoms with Crippen LogP contribution in [0.15, 0.2) is 34.9 Å². The summed E-state index contributed by atoms with van der Waals surface area (Å²) < 4.78 is 31.5. The molecule has 2 rings (SSSR count). The molecule has 0 fully saturated rings. The van der Waals surface area contributed by atoms with E-state index in [-0.39, 0.29) is 16.9 Å². The van der Waals surface area contributed by atoms with Crippen molar-refractivity contribution in [3.8, 4) is 0 Å². The fourth-order valence-corrected chi connectivity index (χ4v) is 1.36. The van der Waals surface area contributed by atoms with Gasteiger partial charge in [-0.05, 0) is 30.7 Å². The fraction of sp³-hybridized carbons (Fsp3) is 0.0833. The largest absolute Gasteiger partial charge is 0.461 e. The third-order valence-electron chi connectivity index (χ3n) is 2.26. The summed E-state index contributed by atoms with van der Waals surface area (Å²) in [4.78, 5) is 11.7. The lowest BCUT2D eigenvalue weighted by molar-refractivity contribution is 0.100. The van der Waals surface area contributed by atoms with Gasteiger partial charge in [-0.3, -0.25) is 4.79 Å². The molecule has 0 atom stereocenters. The third-order valence-corrected chi connectivity index (χ3v) is 2.26. The van der Waals surface area contributed by atoms with Gasteiger partial charge in [0.05, 0.1) is 11.8 Å². The maximum Gasteiger partial charge on any atom is 0.231 e. The number of rotatable bonds is 2. The minimum Gasteiger partial charge on any atom is -0.461 e. The molecule has 16 heavy (non-hydrogen) atoms. The molecule has 0 saturated carbocycles. The number of aryl methyl sites for hydroxylation is 1. The Balaban J connectivity index is 2.50. The third kappa shape index (κ3) is 1.62. The Morgan fingerprint density at radius 3 is 2.56 bits per heavy atom. The highest BCUT2D eigenvalue weighted by Crippen LogP contribution is 2.19. The second-order valence-corrected chi connectivity index (χ2v) is 3.36. The van der Waals surface area contributed by atoms with Crippen molar-refractivity contribution in [3.05, 3.63) is 59.1 Å². The predicted octanol–water partition coefficient (Wildman–Crippen LogP) is 3.10. The van der Waals surface area contributed by atoms with Crippen LogP contribution in [0.1, 0.15) is 21.7 Å². The van der Waals surface area contributed by atoms with E-state index in [4.69, 9.17) is 4.42 Å². The minimum atomic E-state index is -1.14. The molecule has 82 valence electrons. The number of benzene rings is 1. The van der Waals surface area contributed by atoms with Crippen LogP contribution in [0.25, 0.3) is 0 Å². The summed E-state index contributed by atoms with van der Waals surface area (Å²) >= 11 is 0. The van der Waals surface area contributed by atoms with Crippen LogP contribution in [-0.4, -0.2) is 5.78 Å². The van der Waals surface area contributed by atoms with Crippen LogP contribution >= 0.6 is 0 Å². The molecule has 2 nitrogen and oxygen atoms in total. The first-order valence-electron chi connectivity index (χ1n) is 4.64. The molecule has 0 aliphatic carbocycles. The number of carbonyl (C=O) groups excluding carboxylic acids is 1. The number of ketones is 1. The smallest absolute Gasteiger partial charge is 0.231 e. The van der Waals surface area contributed by atoms with Gasteiger partial charge in [0, 0.05) is 0 Å². The molecule has 0 unspecified atom stereocenters. The summed E-state index contributed by atoms with van der Waals surface area (Å²) in [6.45, 7) is 1.43. The average Bonchev–Trinajstić information content (AvgIpc) is 2.79. The molecule has 0 aliphatic heterocycles. The average molecular weight is 222 g/mol. The topological polar surface area (TPSA) is 30.2 Å². The van der Waals surface area contributed by atoms with Crippen LogP contribution in [-0.2, 0) is 0 Å². The van der Waals surface area contributed by atoms with Crippen LogP contribution in [0.2, 0.25) is 0 Å². The highest BCUT2D eigenvalue weighted by atomic mass is 19.2. The van der Waals surface area contributed by atoms with Crippen LogP contribution < -0.4 is 0 Å². The van der Waals surface area contributed by atoms with Crippen molar-refractivity contribution in [3.63, 3.8) is 0 Å². The first-order valence-corrected chi connectivity index (χ1v) is 4.64. The van der Waals surface area contributed by atoms with Crippen molar-refractivity contribution in [2.24, 2.45) is 0 Å². The fourth-order valence-electron chi connectivity index (χ4n) is 1.36. The molecule has 1 heterocycles. The Hall–Kier alpha value is -1.97. The van der Waals surface area contributed by atoms with E-state index in [0.717, 1.165) is 0 Å². The Kier molecular flexibility index (Phi) is 2.56. The van der Waals surface area contributed by atoms with Crippen molar-refractivity contribution < 1.29 is 18.0 Å². The molecule has 0 radical (unpaired) electrons. The van der Waals surface area contributed by atoms with Gasteiger partial charge in [0.15, 0.2) is 17.4 Å². The van der Waals surface area contributed by atoms with Crippen LogP contribution in [0.5, 0.6) is 0 Å². The number of halogens is 2. The molecule has 0 amide bonds. The second kappa shape index (κ2) is 3.89. The first kappa shape index (κ1) is 10.5. The van der Waals surface area contributed by atoms with E-state index in [1.54, 1.807) is 0 Å². The highest BCUT2D eigenvalue weighted by Gasteiger charge is 2.19. The summed E-state index contributed by atoms with van der Waals surface area (Å²) in [5.74, 6) is -2.82. The molecular weight excluding hydrogens is 214 g/mol. The summed E-state index contributed by atoms with van der Waals surface area (Å²) in [5, 5.41) is 0. The summed E-state index contributed by atoms with van der Waals surface area (Å²) in [7, 11) is 0. The van der Waals surface area contributed by atoms with Gasteiger partial charge in [-0.2, -0.15) is 0 Å². The molecular formula is C12H8F2O2. The van der Waals surface area contributed by atoms with Crippen LogP contribution in [0.3, 0.4) is 0 Å². The van der Waals surface area contributed by atoms with E-state index in [1.807, 2.05) is 0 Å². The van der Waals surface area contributed by atoms with Crippen molar-refractivity contribution in [1.29, 1.82) is 0 Å². The van der Waals surface area contributed by atoms with Gasteiger partial charge in [0.1, 0.15) is 0 Å². The molecule has 0 bridgehead atoms. The monoisotopic (exact) mass is 222 g/mol. The number of hydrogen-bond donors (Lipinski definition) is 0. The van der Waals surface area contributed by atoms with Gasteiger partial charge in [-0.15, -0.1) is 0 Å². The lowest BCUT2D eigenvalue weighted by atomic mass is 10.1.